The third-order valence-electron chi connectivity index (χ3n) is 12.5. The molecule has 8 heterocycles. The SMILES string of the molecule is C.CC[C@H](NC(=O)c1cncc2c1cnn2-c1ccc(F)cc1)c1ccnc(Br)c1.CC[C@H](NC(=O)c1cncc2c1cnn2-c1ccc(F)cc1)c1ccnc(N2CCN(C)CC2)c1.CN1CCNCC1.Cl. The average molecular weight is 1080 g/mol. The molecule has 2 fully saturated rings. The fourth-order valence-corrected chi connectivity index (χ4v) is 8.79. The van der Waals surface area contributed by atoms with Gasteiger partial charge in [-0.1, -0.05) is 21.3 Å². The largest absolute Gasteiger partial charge is 0.354 e. The number of benzene rings is 2. The summed E-state index contributed by atoms with van der Waals surface area (Å²) in [7, 11) is 4.28. The normalized spacial score (nSPS) is 14.6. The lowest BCUT2D eigenvalue weighted by atomic mass is 10.0. The highest BCUT2D eigenvalue weighted by Gasteiger charge is 2.22. The molecule has 73 heavy (non-hydrogen) atoms. The minimum atomic E-state index is -0.322. The van der Waals surface area contributed by atoms with E-state index < -0.39 is 0 Å². The Morgan fingerprint density at radius 3 is 1.52 bits per heavy atom. The molecule has 0 spiro atoms. The van der Waals surface area contributed by atoms with E-state index in [-0.39, 0.29) is 55.4 Å². The van der Waals surface area contributed by atoms with Crippen LogP contribution in [0.5, 0.6) is 0 Å². The van der Waals surface area contributed by atoms with Crippen molar-refractivity contribution in [3.63, 3.8) is 0 Å². The van der Waals surface area contributed by atoms with E-state index in [4.69, 9.17) is 0 Å². The highest BCUT2D eigenvalue weighted by Crippen LogP contribution is 2.27. The van der Waals surface area contributed by atoms with Crippen LogP contribution in [0.3, 0.4) is 0 Å². The van der Waals surface area contributed by atoms with Crippen LogP contribution in [-0.4, -0.2) is 128 Å². The number of pyridine rings is 4. The second-order valence-electron chi connectivity index (χ2n) is 17.4. The molecule has 10 rings (SSSR count). The molecule has 2 aliphatic heterocycles. The lowest BCUT2D eigenvalue weighted by molar-refractivity contribution is 0.0928. The minimum absolute atomic E-state index is 0. The summed E-state index contributed by atoms with van der Waals surface area (Å²) in [5.74, 6) is -0.154. The number of piperazine rings is 2. The molecule has 0 saturated carbocycles. The summed E-state index contributed by atoms with van der Waals surface area (Å²) < 4.78 is 30.6. The highest BCUT2D eigenvalue weighted by molar-refractivity contribution is 9.10. The Hall–Kier alpha value is -6.77. The third kappa shape index (κ3) is 13.8. The Morgan fingerprint density at radius 2 is 1.08 bits per heavy atom. The van der Waals surface area contributed by atoms with Crippen LogP contribution in [0.15, 0.2) is 127 Å². The first kappa shape index (κ1) is 55.5. The Bertz CT molecular complexity index is 3050. The first-order chi connectivity index (χ1) is 34.5. The zero-order chi connectivity index (χ0) is 49.9. The van der Waals surface area contributed by atoms with Crippen LogP contribution < -0.4 is 20.9 Å². The van der Waals surface area contributed by atoms with Crippen LogP contribution in [0.4, 0.5) is 14.6 Å². The Balaban J connectivity index is 0.000000207. The summed E-state index contributed by atoms with van der Waals surface area (Å²) in [6, 6.07) is 19.5. The van der Waals surface area contributed by atoms with Gasteiger partial charge in [0.15, 0.2) is 0 Å². The first-order valence-corrected chi connectivity index (χ1v) is 24.5. The quantitative estimate of drug-likeness (QED) is 0.106. The molecule has 2 aliphatic rings. The second kappa shape index (κ2) is 26.3. The van der Waals surface area contributed by atoms with E-state index in [9.17, 15) is 18.4 Å². The smallest absolute Gasteiger partial charge is 0.254 e. The van der Waals surface area contributed by atoms with Gasteiger partial charge in [-0.25, -0.2) is 28.1 Å². The van der Waals surface area contributed by atoms with Crippen LogP contribution in [0.1, 0.15) is 78.0 Å². The van der Waals surface area contributed by atoms with Gasteiger partial charge < -0.3 is 30.7 Å². The summed E-state index contributed by atoms with van der Waals surface area (Å²) in [5.41, 5.74) is 5.60. The molecule has 0 aliphatic carbocycles. The molecule has 16 nitrogen and oxygen atoms in total. The lowest BCUT2D eigenvalue weighted by Gasteiger charge is -2.33. The number of carbonyl (C=O) groups is 2. The number of likely N-dealkylation sites (N-methyl/N-ethyl adjacent to an activating group) is 2. The number of fused-ring (bicyclic) bond motifs is 2. The maximum Gasteiger partial charge on any atom is 0.254 e. The Kier molecular flexibility index (Phi) is 20.0. The molecular weight excluding hydrogens is 1020 g/mol. The number of halogens is 4. The van der Waals surface area contributed by atoms with Crippen molar-refractivity contribution in [2.24, 2.45) is 0 Å². The molecular formula is C53H62BrClF2N14O2. The van der Waals surface area contributed by atoms with Crippen molar-refractivity contribution in [1.82, 2.24) is 65.2 Å². The van der Waals surface area contributed by atoms with Crippen LogP contribution in [0.25, 0.3) is 33.2 Å². The van der Waals surface area contributed by atoms with Crippen molar-refractivity contribution in [1.29, 1.82) is 0 Å². The maximum atomic E-state index is 13.3. The van der Waals surface area contributed by atoms with Gasteiger partial charge in [-0.15, -0.1) is 12.4 Å². The number of nitrogens with zero attached hydrogens (tertiary/aromatic N) is 11. The number of hydrogen-bond donors (Lipinski definition) is 3. The van der Waals surface area contributed by atoms with Crippen LogP contribution in [-0.2, 0) is 0 Å². The van der Waals surface area contributed by atoms with E-state index in [1.165, 1.54) is 43.6 Å². The number of rotatable bonds is 11. The predicted molar refractivity (Wildman–Crippen MR) is 289 cm³/mol. The van der Waals surface area contributed by atoms with Crippen molar-refractivity contribution < 1.29 is 18.4 Å². The van der Waals surface area contributed by atoms with E-state index in [1.54, 1.807) is 70.8 Å². The standard InChI is InChI=1S/C26H28FN7O.C21H17BrFN5O.C5H12N2.CH4.ClH/c1-3-23(18-8-9-29-25(14-18)33-12-10-32(2)11-13-33)31-26(35)22-15-28-17-24-21(22)16-30-34(24)20-6-4-19(27)5-7-20;1-2-18(13-7-8-25-20(22)9-13)27-21(29)17-10-24-12-19-16(17)11-26-28(19)15-5-3-14(23)4-6-15;1-7-4-2-6-3-5-7;;/h4-9,14-17,23H,3,10-13H2,1-2H3,(H,31,35);3-12,18H,2H2,1H3,(H,27,29);6H,2-5H2,1H3;1H4;1H/t23-;18-;;;/m00.../s1. The Labute approximate surface area is 439 Å². The molecule has 6 aromatic heterocycles. The van der Waals surface area contributed by atoms with Gasteiger partial charge in [-0.2, -0.15) is 10.2 Å². The van der Waals surface area contributed by atoms with Gasteiger partial charge in [0.25, 0.3) is 11.8 Å². The summed E-state index contributed by atoms with van der Waals surface area (Å²) in [6.45, 7) is 12.7. The van der Waals surface area contributed by atoms with Crippen molar-refractivity contribution >= 4 is 67.8 Å². The number of amides is 2. The third-order valence-corrected chi connectivity index (χ3v) is 13.0. The number of carbonyl (C=O) groups excluding carboxylic acids is 2. The maximum absolute atomic E-state index is 13.3. The van der Waals surface area contributed by atoms with Gasteiger partial charge in [0, 0.05) is 87.9 Å². The summed E-state index contributed by atoms with van der Waals surface area (Å²) in [5, 5.41) is 19.6. The van der Waals surface area contributed by atoms with Crippen molar-refractivity contribution in [3.8, 4) is 11.4 Å². The monoisotopic (exact) mass is 1080 g/mol. The zero-order valence-corrected chi connectivity index (χ0v) is 43.0. The summed E-state index contributed by atoms with van der Waals surface area (Å²) in [4.78, 5) is 50.5. The number of aromatic nitrogens is 8. The molecule has 2 atom stereocenters. The van der Waals surface area contributed by atoms with Crippen LogP contribution in [0.2, 0.25) is 0 Å². The van der Waals surface area contributed by atoms with Gasteiger partial charge in [0.1, 0.15) is 22.1 Å². The van der Waals surface area contributed by atoms with Gasteiger partial charge in [0.2, 0.25) is 0 Å². The highest BCUT2D eigenvalue weighted by atomic mass is 79.9. The zero-order valence-electron chi connectivity index (χ0n) is 40.6. The van der Waals surface area contributed by atoms with E-state index in [2.05, 4.69) is 96.9 Å². The van der Waals surface area contributed by atoms with Gasteiger partial charge in [-0.3, -0.25) is 19.6 Å². The van der Waals surface area contributed by atoms with Crippen molar-refractivity contribution in [2.75, 3.05) is 71.4 Å². The molecule has 20 heteroatoms. The van der Waals surface area contributed by atoms with Crippen molar-refractivity contribution in [3.05, 3.63) is 161 Å². The van der Waals surface area contributed by atoms with Gasteiger partial charge >= 0.3 is 0 Å². The van der Waals surface area contributed by atoms with Crippen LogP contribution in [0, 0.1) is 11.6 Å². The molecule has 0 unspecified atom stereocenters. The molecule has 8 aromatic rings. The fourth-order valence-electron chi connectivity index (χ4n) is 8.41. The molecule has 0 radical (unpaired) electrons. The first-order valence-electron chi connectivity index (χ1n) is 23.7. The summed E-state index contributed by atoms with van der Waals surface area (Å²) >= 11 is 3.36. The molecule has 3 N–H and O–H groups in total. The molecule has 0 bridgehead atoms. The molecule has 384 valence electrons. The van der Waals surface area contributed by atoms with E-state index in [0.29, 0.717) is 48.9 Å². The summed E-state index contributed by atoms with van der Waals surface area (Å²) in [6.07, 6.45) is 14.6. The second-order valence-corrected chi connectivity index (χ2v) is 18.2. The van der Waals surface area contributed by atoms with E-state index in [1.807, 2.05) is 38.2 Å². The van der Waals surface area contributed by atoms with Gasteiger partial charge in [0.05, 0.1) is 70.4 Å². The van der Waals surface area contributed by atoms with Crippen molar-refractivity contribution in [2.45, 2.75) is 46.2 Å². The van der Waals surface area contributed by atoms with Gasteiger partial charge in [-0.05, 0) is 127 Å². The predicted octanol–water partition coefficient (Wildman–Crippen LogP) is 8.77. The molecule has 2 saturated heterocycles. The number of anilines is 1. The number of nitrogens with one attached hydrogen (secondary N) is 3. The fraction of sp³-hybridized carbons (Fsp3) is 0.321. The lowest BCUT2D eigenvalue weighted by Crippen LogP contribution is -2.44. The topological polar surface area (TPSA) is 167 Å². The Morgan fingerprint density at radius 1 is 0.630 bits per heavy atom. The average Bonchev–Trinajstić information content (AvgIpc) is 4.04. The minimum Gasteiger partial charge on any atom is -0.354 e. The number of hydrogen-bond acceptors (Lipinski definition) is 12. The molecule has 2 amide bonds. The van der Waals surface area contributed by atoms with E-state index in [0.717, 1.165) is 69.1 Å². The van der Waals surface area contributed by atoms with E-state index >= 15 is 0 Å². The molecule has 2 aromatic carbocycles. The van der Waals surface area contributed by atoms with Crippen LogP contribution >= 0.6 is 28.3 Å².